The number of halogens is 2. The number of hydrogen-bond acceptors (Lipinski definition) is 3. The largest absolute Gasteiger partial charge is 0.332 e. The van der Waals surface area contributed by atoms with E-state index in [4.69, 9.17) is 11.6 Å². The first kappa shape index (κ1) is 17.9. The van der Waals surface area contributed by atoms with Crippen LogP contribution in [0.2, 0.25) is 5.02 Å². The molecule has 0 aliphatic carbocycles. The van der Waals surface area contributed by atoms with Crippen molar-refractivity contribution in [3.05, 3.63) is 59.4 Å². The third-order valence-electron chi connectivity index (χ3n) is 3.96. The van der Waals surface area contributed by atoms with Crippen molar-refractivity contribution < 1.29 is 18.8 Å². The summed E-state index contributed by atoms with van der Waals surface area (Å²) in [7, 11) is 0. The molecule has 1 heterocycles. The Hall–Kier alpha value is -2.93. The molecule has 2 aromatic rings. The fraction of sp³-hybridized carbons (Fsp3) is 0.167. The van der Waals surface area contributed by atoms with Crippen molar-refractivity contribution in [2.75, 3.05) is 16.8 Å². The van der Waals surface area contributed by atoms with Crippen molar-refractivity contribution >= 4 is 40.8 Å². The molecule has 0 bridgehead atoms. The topological polar surface area (TPSA) is 69.7 Å². The van der Waals surface area contributed by atoms with E-state index >= 15 is 0 Å². The van der Waals surface area contributed by atoms with E-state index in [1.54, 1.807) is 31.2 Å². The first-order chi connectivity index (χ1) is 12.4. The normalized spacial score (nSPS) is 17.0. The molecule has 3 rings (SSSR count). The Morgan fingerprint density at radius 3 is 2.54 bits per heavy atom. The lowest BCUT2D eigenvalue weighted by molar-refractivity contribution is -0.130. The average molecular weight is 376 g/mol. The molecule has 1 aliphatic heterocycles. The fourth-order valence-corrected chi connectivity index (χ4v) is 2.91. The second-order valence-corrected chi connectivity index (χ2v) is 6.22. The molecule has 1 N–H and O–H groups in total. The lowest BCUT2D eigenvalue weighted by Gasteiger charge is -2.19. The average Bonchev–Trinajstić information content (AvgIpc) is 2.80. The standard InChI is InChI=1S/C18H15ClFN3O3/c1-11-17(25)22(10-16(24)21-14-4-2-3-12(19)9-14)18(26)23(11)15-7-5-13(20)6-8-15/h2-9,11H,10H2,1H3,(H,21,24). The van der Waals surface area contributed by atoms with Gasteiger partial charge in [0.15, 0.2) is 0 Å². The number of anilines is 2. The van der Waals surface area contributed by atoms with Gasteiger partial charge in [0.25, 0.3) is 5.91 Å². The Kier molecular flexibility index (Phi) is 4.90. The van der Waals surface area contributed by atoms with Gasteiger partial charge in [0.1, 0.15) is 18.4 Å². The minimum atomic E-state index is -0.785. The molecular formula is C18H15ClFN3O3. The highest BCUT2D eigenvalue weighted by Gasteiger charge is 2.44. The number of carbonyl (C=O) groups excluding carboxylic acids is 3. The molecule has 1 saturated heterocycles. The Bertz CT molecular complexity index is 872. The first-order valence-corrected chi connectivity index (χ1v) is 8.20. The SMILES string of the molecule is CC1C(=O)N(CC(=O)Nc2cccc(Cl)c2)C(=O)N1c1ccc(F)cc1. The highest BCUT2D eigenvalue weighted by atomic mass is 35.5. The Balaban J connectivity index is 1.74. The summed E-state index contributed by atoms with van der Waals surface area (Å²) >= 11 is 5.86. The molecule has 1 aliphatic rings. The van der Waals surface area contributed by atoms with Crippen LogP contribution in [0.5, 0.6) is 0 Å². The smallest absolute Gasteiger partial charge is 0.324 e. The highest BCUT2D eigenvalue weighted by Crippen LogP contribution is 2.26. The van der Waals surface area contributed by atoms with Gasteiger partial charge < -0.3 is 5.32 Å². The van der Waals surface area contributed by atoms with E-state index in [1.165, 1.54) is 29.2 Å². The van der Waals surface area contributed by atoms with Crippen LogP contribution in [0.4, 0.5) is 20.6 Å². The molecule has 4 amide bonds. The van der Waals surface area contributed by atoms with Gasteiger partial charge >= 0.3 is 6.03 Å². The van der Waals surface area contributed by atoms with Crippen molar-refractivity contribution in [2.45, 2.75) is 13.0 Å². The van der Waals surface area contributed by atoms with Crippen molar-refractivity contribution in [3.63, 3.8) is 0 Å². The quantitative estimate of drug-likeness (QED) is 0.834. The zero-order valence-electron chi connectivity index (χ0n) is 13.8. The van der Waals surface area contributed by atoms with Gasteiger partial charge in [0.05, 0.1) is 0 Å². The molecule has 0 radical (unpaired) electrons. The zero-order chi connectivity index (χ0) is 18.8. The number of rotatable bonds is 4. The number of urea groups is 1. The summed E-state index contributed by atoms with van der Waals surface area (Å²) in [6, 6.07) is 10.3. The number of benzene rings is 2. The molecule has 0 spiro atoms. The van der Waals surface area contributed by atoms with Crippen LogP contribution in [0.1, 0.15) is 6.92 Å². The number of carbonyl (C=O) groups is 3. The van der Waals surface area contributed by atoms with Crippen LogP contribution in [-0.2, 0) is 9.59 Å². The minimum Gasteiger partial charge on any atom is -0.324 e. The van der Waals surface area contributed by atoms with E-state index in [9.17, 15) is 18.8 Å². The predicted octanol–water partition coefficient (Wildman–Crippen LogP) is 3.27. The second kappa shape index (κ2) is 7.13. The highest BCUT2D eigenvalue weighted by molar-refractivity contribution is 6.30. The summed E-state index contributed by atoms with van der Waals surface area (Å²) in [6.45, 7) is 1.13. The van der Waals surface area contributed by atoms with Crippen molar-refractivity contribution in [1.82, 2.24) is 4.90 Å². The van der Waals surface area contributed by atoms with Crippen molar-refractivity contribution in [3.8, 4) is 0 Å². The van der Waals surface area contributed by atoms with E-state index in [0.29, 0.717) is 16.4 Å². The van der Waals surface area contributed by atoms with Gasteiger partial charge in [-0.1, -0.05) is 17.7 Å². The molecule has 6 nitrogen and oxygen atoms in total. The van der Waals surface area contributed by atoms with Gasteiger partial charge in [0, 0.05) is 16.4 Å². The summed E-state index contributed by atoms with van der Waals surface area (Å²) in [5.74, 6) is -1.47. The van der Waals surface area contributed by atoms with Crippen molar-refractivity contribution in [1.29, 1.82) is 0 Å². The van der Waals surface area contributed by atoms with E-state index in [1.807, 2.05) is 0 Å². The lowest BCUT2D eigenvalue weighted by atomic mass is 10.2. The van der Waals surface area contributed by atoms with Crippen LogP contribution in [-0.4, -0.2) is 35.3 Å². The molecule has 1 unspecified atom stereocenters. The summed E-state index contributed by atoms with van der Waals surface area (Å²) in [5.41, 5.74) is 0.847. The predicted molar refractivity (Wildman–Crippen MR) is 95.5 cm³/mol. The van der Waals surface area contributed by atoms with E-state index < -0.39 is 36.2 Å². The molecule has 26 heavy (non-hydrogen) atoms. The lowest BCUT2D eigenvalue weighted by Crippen LogP contribution is -2.39. The van der Waals surface area contributed by atoms with E-state index in [2.05, 4.69) is 5.32 Å². The van der Waals surface area contributed by atoms with Crippen LogP contribution in [0.15, 0.2) is 48.5 Å². The molecular weight excluding hydrogens is 361 g/mol. The molecule has 0 saturated carbocycles. The molecule has 0 aromatic heterocycles. The van der Waals surface area contributed by atoms with Gasteiger partial charge in [-0.15, -0.1) is 0 Å². The second-order valence-electron chi connectivity index (χ2n) is 5.79. The summed E-state index contributed by atoms with van der Waals surface area (Å²) in [4.78, 5) is 39.3. The monoisotopic (exact) mass is 375 g/mol. The Morgan fingerprint density at radius 2 is 1.88 bits per heavy atom. The molecule has 1 fully saturated rings. The van der Waals surface area contributed by atoms with Crippen LogP contribution in [0.25, 0.3) is 0 Å². The molecule has 2 aromatic carbocycles. The first-order valence-electron chi connectivity index (χ1n) is 7.82. The van der Waals surface area contributed by atoms with Crippen LogP contribution in [0.3, 0.4) is 0 Å². The van der Waals surface area contributed by atoms with Crippen LogP contribution >= 0.6 is 11.6 Å². The Morgan fingerprint density at radius 1 is 1.19 bits per heavy atom. The maximum absolute atomic E-state index is 13.1. The number of hydrogen-bond donors (Lipinski definition) is 1. The Labute approximate surface area is 154 Å². The summed E-state index contributed by atoms with van der Waals surface area (Å²) in [6.07, 6.45) is 0. The van der Waals surface area contributed by atoms with Gasteiger partial charge in [-0.05, 0) is 49.4 Å². The maximum atomic E-state index is 13.1. The molecule has 8 heteroatoms. The van der Waals surface area contributed by atoms with E-state index in [-0.39, 0.29) is 0 Å². The van der Waals surface area contributed by atoms with Gasteiger partial charge in [-0.25, -0.2) is 9.18 Å². The van der Waals surface area contributed by atoms with Gasteiger partial charge in [0.2, 0.25) is 5.91 Å². The third-order valence-corrected chi connectivity index (χ3v) is 4.20. The molecule has 1 atom stereocenters. The van der Waals surface area contributed by atoms with Crippen molar-refractivity contribution in [2.24, 2.45) is 0 Å². The zero-order valence-corrected chi connectivity index (χ0v) is 14.5. The number of imide groups is 1. The van der Waals surface area contributed by atoms with Gasteiger partial charge in [-0.3, -0.25) is 19.4 Å². The number of amides is 4. The molecule has 134 valence electrons. The van der Waals surface area contributed by atoms with E-state index in [0.717, 1.165) is 4.90 Å². The van der Waals surface area contributed by atoms with Crippen LogP contribution in [0, 0.1) is 5.82 Å². The third kappa shape index (κ3) is 3.52. The van der Waals surface area contributed by atoms with Crippen LogP contribution < -0.4 is 10.2 Å². The minimum absolute atomic E-state index is 0.384. The fourth-order valence-electron chi connectivity index (χ4n) is 2.72. The summed E-state index contributed by atoms with van der Waals surface area (Å²) in [5, 5.41) is 3.04. The number of nitrogens with one attached hydrogen (secondary N) is 1. The maximum Gasteiger partial charge on any atom is 0.332 e. The number of nitrogens with zero attached hydrogens (tertiary/aromatic N) is 2. The van der Waals surface area contributed by atoms with Gasteiger partial charge in [-0.2, -0.15) is 0 Å². The summed E-state index contributed by atoms with van der Waals surface area (Å²) < 4.78 is 13.1.